The van der Waals surface area contributed by atoms with Crippen molar-refractivity contribution in [2.75, 3.05) is 11.9 Å². The van der Waals surface area contributed by atoms with Gasteiger partial charge in [-0.15, -0.1) is 0 Å². The SMILES string of the molecule is O=C(OCc1ccccc1)c1ccc(NC(=O)[C@H]2CCN2S(=O)(=O)c2c(F)c(F)c(F)c(F)c2F)c(F)c1. The number of nitrogens with one attached hydrogen (secondary N) is 1. The molecule has 200 valence electrons. The summed E-state index contributed by atoms with van der Waals surface area (Å²) < 4.78 is 114. The van der Waals surface area contributed by atoms with Crippen molar-refractivity contribution in [2.24, 2.45) is 0 Å². The molecule has 3 aromatic rings. The Morgan fingerprint density at radius 3 is 2.05 bits per heavy atom. The molecule has 38 heavy (non-hydrogen) atoms. The van der Waals surface area contributed by atoms with Gasteiger partial charge >= 0.3 is 5.97 Å². The minimum Gasteiger partial charge on any atom is -0.457 e. The Morgan fingerprint density at radius 1 is 0.895 bits per heavy atom. The summed E-state index contributed by atoms with van der Waals surface area (Å²) >= 11 is 0. The molecule has 1 N–H and O–H groups in total. The molecule has 0 bridgehead atoms. The van der Waals surface area contributed by atoms with Gasteiger partial charge in [0.15, 0.2) is 28.2 Å². The van der Waals surface area contributed by atoms with Gasteiger partial charge in [0, 0.05) is 6.54 Å². The Labute approximate surface area is 211 Å². The Bertz CT molecular complexity index is 1510. The third-order valence-electron chi connectivity index (χ3n) is 5.68. The van der Waals surface area contributed by atoms with E-state index in [-0.39, 0.29) is 22.9 Å². The molecule has 0 radical (unpaired) electrons. The highest BCUT2D eigenvalue weighted by molar-refractivity contribution is 7.89. The number of rotatable bonds is 7. The van der Waals surface area contributed by atoms with Crippen molar-refractivity contribution in [1.82, 2.24) is 4.31 Å². The van der Waals surface area contributed by atoms with Crippen LogP contribution in [0.4, 0.5) is 32.0 Å². The van der Waals surface area contributed by atoms with Crippen LogP contribution in [0, 0.1) is 34.9 Å². The summed E-state index contributed by atoms with van der Waals surface area (Å²) in [6, 6.07) is 9.94. The second-order valence-corrected chi connectivity index (χ2v) is 9.89. The molecule has 7 nitrogen and oxygen atoms in total. The van der Waals surface area contributed by atoms with Crippen LogP contribution in [-0.2, 0) is 26.2 Å². The van der Waals surface area contributed by atoms with Crippen LogP contribution >= 0.6 is 0 Å². The summed E-state index contributed by atoms with van der Waals surface area (Å²) in [4.78, 5) is 22.7. The number of carbonyl (C=O) groups excluding carboxylic acids is 2. The fourth-order valence-electron chi connectivity index (χ4n) is 3.61. The molecule has 3 aromatic carbocycles. The molecule has 0 saturated carbocycles. The molecule has 1 aliphatic heterocycles. The van der Waals surface area contributed by atoms with E-state index >= 15 is 0 Å². The van der Waals surface area contributed by atoms with Crippen molar-refractivity contribution >= 4 is 27.6 Å². The Balaban J connectivity index is 1.47. The number of hydrogen-bond acceptors (Lipinski definition) is 5. The summed E-state index contributed by atoms with van der Waals surface area (Å²) in [5.74, 6) is -15.7. The van der Waals surface area contributed by atoms with E-state index in [9.17, 15) is 44.3 Å². The van der Waals surface area contributed by atoms with Crippen LogP contribution in [-0.4, -0.2) is 37.2 Å². The first-order valence-electron chi connectivity index (χ1n) is 10.8. The summed E-state index contributed by atoms with van der Waals surface area (Å²) in [5.41, 5.74) is 0.0433. The maximum Gasteiger partial charge on any atom is 0.338 e. The molecule has 1 heterocycles. The number of esters is 1. The number of carbonyl (C=O) groups is 2. The first-order chi connectivity index (χ1) is 17.9. The minimum absolute atomic E-state index is 0.0746. The van der Waals surface area contributed by atoms with Crippen molar-refractivity contribution < 1.29 is 49.1 Å². The minimum atomic E-state index is -5.35. The number of hydrogen-bond donors (Lipinski definition) is 1. The van der Waals surface area contributed by atoms with Gasteiger partial charge in [0.25, 0.3) is 0 Å². The third kappa shape index (κ3) is 4.96. The second-order valence-electron chi connectivity index (χ2n) is 8.06. The maximum absolute atomic E-state index is 14.6. The molecule has 0 aliphatic carbocycles. The molecule has 1 amide bonds. The smallest absolute Gasteiger partial charge is 0.338 e. The quantitative estimate of drug-likeness (QED) is 0.202. The van der Waals surface area contributed by atoms with Gasteiger partial charge < -0.3 is 10.1 Å². The van der Waals surface area contributed by atoms with Crippen LogP contribution in [0.1, 0.15) is 22.3 Å². The van der Waals surface area contributed by atoms with Crippen LogP contribution in [0.2, 0.25) is 0 Å². The highest BCUT2D eigenvalue weighted by Crippen LogP contribution is 2.34. The molecule has 1 saturated heterocycles. The molecule has 1 atom stereocenters. The van der Waals surface area contributed by atoms with Gasteiger partial charge in [-0.2, -0.15) is 4.31 Å². The van der Waals surface area contributed by atoms with Crippen LogP contribution in [0.5, 0.6) is 0 Å². The fraction of sp³-hybridized carbons (Fsp3) is 0.167. The lowest BCUT2D eigenvalue weighted by Gasteiger charge is -2.38. The van der Waals surface area contributed by atoms with E-state index in [2.05, 4.69) is 5.32 Å². The number of halogens is 6. The molecule has 0 unspecified atom stereocenters. The largest absolute Gasteiger partial charge is 0.457 e. The van der Waals surface area contributed by atoms with Gasteiger partial charge in [-0.25, -0.2) is 39.6 Å². The Hall–Kier alpha value is -3.91. The molecule has 1 aliphatic rings. The first kappa shape index (κ1) is 27.1. The van der Waals surface area contributed by atoms with Gasteiger partial charge in [-0.05, 0) is 30.2 Å². The van der Waals surface area contributed by atoms with Crippen molar-refractivity contribution in [3.63, 3.8) is 0 Å². The number of sulfonamides is 1. The first-order valence-corrected chi connectivity index (χ1v) is 12.2. The summed E-state index contributed by atoms with van der Waals surface area (Å²) in [6.45, 7) is -0.552. The van der Waals surface area contributed by atoms with E-state index in [0.29, 0.717) is 5.56 Å². The number of amides is 1. The van der Waals surface area contributed by atoms with Crippen molar-refractivity contribution in [3.05, 3.63) is 94.6 Å². The average Bonchev–Trinajstić information content (AvgIpc) is 2.85. The lowest BCUT2D eigenvalue weighted by atomic mass is 10.1. The van der Waals surface area contributed by atoms with E-state index in [0.717, 1.165) is 18.2 Å². The predicted octanol–water partition coefficient (Wildman–Crippen LogP) is 4.28. The summed E-state index contributed by atoms with van der Waals surface area (Å²) in [7, 11) is -5.35. The number of benzene rings is 3. The van der Waals surface area contributed by atoms with Gasteiger partial charge in [0.1, 0.15) is 18.5 Å². The van der Waals surface area contributed by atoms with Gasteiger partial charge in [-0.3, -0.25) is 4.79 Å². The number of anilines is 1. The molecular formula is C24H16F6N2O5S. The van der Waals surface area contributed by atoms with Crippen LogP contribution < -0.4 is 5.32 Å². The molecule has 1 fully saturated rings. The van der Waals surface area contributed by atoms with Crippen molar-refractivity contribution in [2.45, 2.75) is 24.0 Å². The predicted molar refractivity (Wildman–Crippen MR) is 119 cm³/mol. The topological polar surface area (TPSA) is 92.8 Å². The molecule has 0 aromatic heterocycles. The van der Waals surface area contributed by atoms with E-state index < -0.39 is 80.0 Å². The molecule has 4 rings (SSSR count). The summed E-state index contributed by atoms with van der Waals surface area (Å²) in [6.07, 6.45) is -0.189. The lowest BCUT2D eigenvalue weighted by Crippen LogP contribution is -2.56. The molecular weight excluding hydrogens is 542 g/mol. The second kappa shape index (κ2) is 10.5. The third-order valence-corrected chi connectivity index (χ3v) is 7.61. The Kier molecular flexibility index (Phi) is 7.47. The van der Waals surface area contributed by atoms with E-state index in [1.165, 1.54) is 0 Å². The molecule has 0 spiro atoms. The van der Waals surface area contributed by atoms with Gasteiger partial charge in [-0.1, -0.05) is 30.3 Å². The lowest BCUT2D eigenvalue weighted by molar-refractivity contribution is -0.122. The van der Waals surface area contributed by atoms with Crippen LogP contribution in [0.15, 0.2) is 53.4 Å². The van der Waals surface area contributed by atoms with Crippen molar-refractivity contribution in [1.29, 1.82) is 0 Å². The fourth-order valence-corrected chi connectivity index (χ4v) is 5.36. The standard InChI is InChI=1S/C24H16F6N2O5S/c25-14-10-13(24(34)37-11-12-4-2-1-3-5-12)6-7-15(14)31-23(33)16-8-9-32(16)38(35,36)22-20(29)18(27)17(26)19(28)21(22)30/h1-7,10,16H,8-9,11H2,(H,31,33)/t16-/m1/s1. The normalized spacial score (nSPS) is 15.6. The van der Waals surface area contributed by atoms with Crippen LogP contribution in [0.3, 0.4) is 0 Å². The van der Waals surface area contributed by atoms with E-state index in [4.69, 9.17) is 4.74 Å². The number of ether oxygens (including phenoxy) is 1. The zero-order valence-corrected chi connectivity index (χ0v) is 19.8. The zero-order chi connectivity index (χ0) is 27.8. The number of nitrogens with zero attached hydrogens (tertiary/aromatic N) is 1. The maximum atomic E-state index is 14.6. The van der Waals surface area contributed by atoms with Gasteiger partial charge in [0.2, 0.25) is 21.7 Å². The zero-order valence-electron chi connectivity index (χ0n) is 19.0. The highest BCUT2D eigenvalue weighted by Gasteiger charge is 2.46. The van der Waals surface area contributed by atoms with E-state index in [1.54, 1.807) is 30.3 Å². The van der Waals surface area contributed by atoms with E-state index in [1.807, 2.05) is 0 Å². The van der Waals surface area contributed by atoms with Gasteiger partial charge in [0.05, 0.1) is 11.3 Å². The molecule has 14 heteroatoms. The Morgan fingerprint density at radius 2 is 1.50 bits per heavy atom. The van der Waals surface area contributed by atoms with Crippen molar-refractivity contribution in [3.8, 4) is 0 Å². The van der Waals surface area contributed by atoms with Crippen LogP contribution in [0.25, 0.3) is 0 Å². The summed E-state index contributed by atoms with van der Waals surface area (Å²) in [5, 5.41) is 2.08. The monoisotopic (exact) mass is 558 g/mol. The average molecular weight is 558 g/mol. The highest BCUT2D eigenvalue weighted by atomic mass is 32.2.